The summed E-state index contributed by atoms with van der Waals surface area (Å²) in [5.41, 5.74) is 1.83. The van der Waals surface area contributed by atoms with E-state index in [-0.39, 0.29) is 0 Å². The van der Waals surface area contributed by atoms with Gasteiger partial charge in [0.15, 0.2) is 0 Å². The van der Waals surface area contributed by atoms with Crippen LogP contribution in [0.25, 0.3) is 5.65 Å². The van der Waals surface area contributed by atoms with Crippen molar-refractivity contribution in [3.8, 4) is 0 Å². The molecule has 0 N–H and O–H groups in total. The van der Waals surface area contributed by atoms with Crippen molar-refractivity contribution in [3.05, 3.63) is 59.4 Å². The first-order chi connectivity index (χ1) is 7.81. The molecule has 80 valence electrons. The third-order valence-electron chi connectivity index (χ3n) is 2.41. The molecule has 4 heteroatoms. The normalized spacial score (nSPS) is 11.1. The number of nitrogens with zero attached hydrogens (tertiary/aromatic N) is 2. The molecule has 3 aromatic rings. The van der Waals surface area contributed by atoms with Crippen molar-refractivity contribution in [2.45, 2.75) is 6.42 Å². The van der Waals surface area contributed by atoms with Gasteiger partial charge in [0.05, 0.1) is 12.0 Å². The van der Waals surface area contributed by atoms with E-state index < -0.39 is 0 Å². The number of fused-ring (bicyclic) bond motifs is 1. The predicted molar refractivity (Wildman–Crippen MR) is 61.7 cm³/mol. The summed E-state index contributed by atoms with van der Waals surface area (Å²) in [5, 5.41) is 0.697. The van der Waals surface area contributed by atoms with Crippen molar-refractivity contribution >= 4 is 17.2 Å². The number of aromatic nitrogens is 2. The van der Waals surface area contributed by atoms with Crippen LogP contribution in [0.3, 0.4) is 0 Å². The molecule has 16 heavy (non-hydrogen) atoms. The van der Waals surface area contributed by atoms with Crippen molar-refractivity contribution in [1.82, 2.24) is 9.38 Å². The monoisotopic (exact) mass is 232 g/mol. The van der Waals surface area contributed by atoms with Gasteiger partial charge >= 0.3 is 0 Å². The van der Waals surface area contributed by atoms with Crippen LogP contribution in [0.2, 0.25) is 5.02 Å². The SMILES string of the molecule is Clc1ccn2cc(Cc3ccco3)nc2c1. The van der Waals surface area contributed by atoms with Gasteiger partial charge in [0.1, 0.15) is 11.4 Å². The second-order valence-electron chi connectivity index (χ2n) is 3.60. The number of hydrogen-bond donors (Lipinski definition) is 0. The van der Waals surface area contributed by atoms with E-state index >= 15 is 0 Å². The zero-order valence-corrected chi connectivity index (χ0v) is 9.19. The van der Waals surface area contributed by atoms with Crippen LogP contribution in [0.5, 0.6) is 0 Å². The maximum atomic E-state index is 5.90. The minimum Gasteiger partial charge on any atom is -0.469 e. The molecule has 0 spiro atoms. The number of rotatable bonds is 2. The molecule has 0 fully saturated rings. The standard InChI is InChI=1S/C12H9ClN2O/c13-9-3-4-15-8-10(14-12(15)6-9)7-11-2-1-5-16-11/h1-6,8H,7H2. The molecule has 3 heterocycles. The minimum absolute atomic E-state index is 0.697. The lowest BCUT2D eigenvalue weighted by molar-refractivity contribution is 0.519. The summed E-state index contributed by atoms with van der Waals surface area (Å²) in [6.45, 7) is 0. The lowest BCUT2D eigenvalue weighted by Crippen LogP contribution is -1.84. The lowest BCUT2D eigenvalue weighted by Gasteiger charge is -1.91. The topological polar surface area (TPSA) is 30.4 Å². The van der Waals surface area contributed by atoms with Gasteiger partial charge in [-0.25, -0.2) is 4.98 Å². The van der Waals surface area contributed by atoms with Gasteiger partial charge in [0, 0.05) is 23.8 Å². The van der Waals surface area contributed by atoms with Gasteiger partial charge in [-0.3, -0.25) is 0 Å². The summed E-state index contributed by atoms with van der Waals surface area (Å²) in [6, 6.07) is 7.50. The van der Waals surface area contributed by atoms with E-state index in [1.807, 2.05) is 41.1 Å². The number of halogens is 1. The van der Waals surface area contributed by atoms with Crippen molar-refractivity contribution in [2.24, 2.45) is 0 Å². The van der Waals surface area contributed by atoms with Crippen molar-refractivity contribution in [3.63, 3.8) is 0 Å². The van der Waals surface area contributed by atoms with E-state index in [4.69, 9.17) is 16.0 Å². The highest BCUT2D eigenvalue weighted by molar-refractivity contribution is 6.30. The molecule has 3 rings (SSSR count). The predicted octanol–water partition coefficient (Wildman–Crippen LogP) is 3.17. The molecule has 3 aromatic heterocycles. The third kappa shape index (κ3) is 1.70. The fraction of sp³-hybridized carbons (Fsp3) is 0.0833. The highest BCUT2D eigenvalue weighted by Gasteiger charge is 2.04. The van der Waals surface area contributed by atoms with Gasteiger partial charge in [0.2, 0.25) is 0 Å². The maximum absolute atomic E-state index is 5.90. The summed E-state index contributed by atoms with van der Waals surface area (Å²) in [4.78, 5) is 4.47. The maximum Gasteiger partial charge on any atom is 0.138 e. The Labute approximate surface area is 97.3 Å². The molecule has 0 amide bonds. The largest absolute Gasteiger partial charge is 0.469 e. The van der Waals surface area contributed by atoms with E-state index in [0.717, 1.165) is 17.1 Å². The smallest absolute Gasteiger partial charge is 0.138 e. The van der Waals surface area contributed by atoms with Crippen molar-refractivity contribution in [1.29, 1.82) is 0 Å². The van der Waals surface area contributed by atoms with Crippen LogP contribution in [0.4, 0.5) is 0 Å². The summed E-state index contributed by atoms with van der Waals surface area (Å²) in [7, 11) is 0. The van der Waals surface area contributed by atoms with E-state index in [9.17, 15) is 0 Å². The molecule has 0 atom stereocenters. The fourth-order valence-corrected chi connectivity index (χ4v) is 1.84. The molecule has 0 aliphatic rings. The van der Waals surface area contributed by atoms with Crippen LogP contribution in [-0.2, 0) is 6.42 Å². The molecular weight excluding hydrogens is 224 g/mol. The molecular formula is C12H9ClN2O. The molecule has 0 saturated carbocycles. The Hall–Kier alpha value is -1.74. The van der Waals surface area contributed by atoms with Gasteiger partial charge in [-0.2, -0.15) is 0 Å². The first-order valence-electron chi connectivity index (χ1n) is 4.97. The Balaban J connectivity index is 1.99. The van der Waals surface area contributed by atoms with Gasteiger partial charge < -0.3 is 8.82 Å². The molecule has 0 aromatic carbocycles. The highest BCUT2D eigenvalue weighted by Crippen LogP contribution is 2.14. The molecule has 0 aliphatic heterocycles. The van der Waals surface area contributed by atoms with Crippen LogP contribution >= 0.6 is 11.6 Å². The summed E-state index contributed by atoms with van der Waals surface area (Å²) >= 11 is 5.90. The van der Waals surface area contributed by atoms with E-state index in [1.54, 1.807) is 6.26 Å². The van der Waals surface area contributed by atoms with Crippen LogP contribution in [0.15, 0.2) is 47.3 Å². The van der Waals surface area contributed by atoms with Crippen LogP contribution in [0, 0.1) is 0 Å². The van der Waals surface area contributed by atoms with Crippen LogP contribution in [-0.4, -0.2) is 9.38 Å². The van der Waals surface area contributed by atoms with E-state index in [1.165, 1.54) is 0 Å². The number of furan rings is 1. The summed E-state index contributed by atoms with van der Waals surface area (Å²) in [6.07, 6.45) is 6.25. The summed E-state index contributed by atoms with van der Waals surface area (Å²) in [5.74, 6) is 0.912. The summed E-state index contributed by atoms with van der Waals surface area (Å²) < 4.78 is 7.23. The molecule has 3 nitrogen and oxygen atoms in total. The third-order valence-corrected chi connectivity index (χ3v) is 2.64. The highest BCUT2D eigenvalue weighted by atomic mass is 35.5. The molecule has 0 saturated heterocycles. The van der Waals surface area contributed by atoms with Crippen LogP contribution in [0.1, 0.15) is 11.5 Å². The first kappa shape index (κ1) is 9.48. The fourth-order valence-electron chi connectivity index (χ4n) is 1.69. The Morgan fingerprint density at radius 2 is 2.31 bits per heavy atom. The van der Waals surface area contributed by atoms with E-state index in [0.29, 0.717) is 11.4 Å². The Kier molecular flexibility index (Phi) is 2.18. The van der Waals surface area contributed by atoms with Gasteiger partial charge in [-0.05, 0) is 24.3 Å². The van der Waals surface area contributed by atoms with Gasteiger partial charge in [-0.15, -0.1) is 0 Å². The quantitative estimate of drug-likeness (QED) is 0.679. The molecule has 0 radical (unpaired) electrons. The first-order valence-corrected chi connectivity index (χ1v) is 5.34. The number of hydrogen-bond acceptors (Lipinski definition) is 2. The zero-order valence-electron chi connectivity index (χ0n) is 8.43. The van der Waals surface area contributed by atoms with Gasteiger partial charge in [-0.1, -0.05) is 11.6 Å². The van der Waals surface area contributed by atoms with Crippen molar-refractivity contribution < 1.29 is 4.42 Å². The Morgan fingerprint density at radius 1 is 1.38 bits per heavy atom. The Bertz CT molecular complexity index is 613. The second kappa shape index (κ2) is 3.68. The molecule has 0 unspecified atom stereocenters. The average molecular weight is 233 g/mol. The zero-order chi connectivity index (χ0) is 11.0. The van der Waals surface area contributed by atoms with Gasteiger partial charge in [0.25, 0.3) is 0 Å². The van der Waals surface area contributed by atoms with E-state index in [2.05, 4.69) is 4.98 Å². The second-order valence-corrected chi connectivity index (χ2v) is 4.04. The number of imidazole rings is 1. The van der Waals surface area contributed by atoms with Crippen molar-refractivity contribution in [2.75, 3.05) is 0 Å². The minimum atomic E-state index is 0.697. The molecule has 0 bridgehead atoms. The lowest BCUT2D eigenvalue weighted by atomic mass is 10.3. The number of pyridine rings is 1. The van der Waals surface area contributed by atoms with Crippen LogP contribution < -0.4 is 0 Å². The Morgan fingerprint density at radius 3 is 3.12 bits per heavy atom. The average Bonchev–Trinajstić information content (AvgIpc) is 2.86. The molecule has 0 aliphatic carbocycles.